The van der Waals surface area contributed by atoms with E-state index in [1.807, 2.05) is 49.1 Å². The molecular formula is C20H23FN2O. The highest BCUT2D eigenvalue weighted by atomic mass is 19.1. The van der Waals surface area contributed by atoms with Gasteiger partial charge in [0.2, 0.25) is 0 Å². The van der Waals surface area contributed by atoms with Gasteiger partial charge in [0.15, 0.2) is 0 Å². The average Bonchev–Trinajstić information content (AvgIpc) is 2.59. The maximum atomic E-state index is 13.8. The van der Waals surface area contributed by atoms with Crippen LogP contribution in [0.4, 0.5) is 4.39 Å². The highest BCUT2D eigenvalue weighted by molar-refractivity contribution is 5.96. The summed E-state index contributed by atoms with van der Waals surface area (Å²) in [5.41, 5.74) is 3.69. The van der Waals surface area contributed by atoms with Gasteiger partial charge in [0.05, 0.1) is 0 Å². The molecule has 126 valence electrons. The first-order valence-electron chi connectivity index (χ1n) is 8.37. The van der Waals surface area contributed by atoms with Gasteiger partial charge in [-0.2, -0.15) is 0 Å². The molecular weight excluding hydrogens is 303 g/mol. The number of nitrogens with zero attached hydrogens (tertiary/aromatic N) is 2. The minimum Gasteiger partial charge on any atom is -0.336 e. The second kappa shape index (κ2) is 7.14. The van der Waals surface area contributed by atoms with Gasteiger partial charge < -0.3 is 4.90 Å². The van der Waals surface area contributed by atoms with Crippen molar-refractivity contribution in [1.29, 1.82) is 0 Å². The molecule has 0 unspecified atom stereocenters. The molecule has 0 aliphatic carbocycles. The van der Waals surface area contributed by atoms with Gasteiger partial charge in [0, 0.05) is 43.9 Å². The summed E-state index contributed by atoms with van der Waals surface area (Å²) >= 11 is 0. The normalized spacial score (nSPS) is 15.5. The van der Waals surface area contributed by atoms with E-state index in [-0.39, 0.29) is 11.7 Å². The van der Waals surface area contributed by atoms with Crippen LogP contribution in [-0.2, 0) is 6.54 Å². The molecule has 2 aromatic carbocycles. The number of carbonyl (C=O) groups excluding carboxylic acids is 1. The number of hydrogen-bond acceptors (Lipinski definition) is 2. The fourth-order valence-electron chi connectivity index (χ4n) is 3.13. The highest BCUT2D eigenvalue weighted by Crippen LogP contribution is 2.17. The molecule has 1 amide bonds. The molecule has 1 aliphatic rings. The fourth-order valence-corrected chi connectivity index (χ4v) is 3.13. The second-order valence-electron chi connectivity index (χ2n) is 6.41. The molecule has 3 rings (SSSR count). The van der Waals surface area contributed by atoms with E-state index in [4.69, 9.17) is 0 Å². The highest BCUT2D eigenvalue weighted by Gasteiger charge is 2.23. The summed E-state index contributed by atoms with van der Waals surface area (Å²) in [4.78, 5) is 16.8. The molecule has 0 aromatic heterocycles. The van der Waals surface area contributed by atoms with E-state index < -0.39 is 0 Å². The molecule has 0 bridgehead atoms. The zero-order valence-corrected chi connectivity index (χ0v) is 14.3. The number of aryl methyl sites for hydroxylation is 1. The molecule has 0 saturated carbocycles. The number of benzene rings is 2. The molecule has 1 aliphatic heterocycles. The van der Waals surface area contributed by atoms with Crippen molar-refractivity contribution in [2.75, 3.05) is 26.2 Å². The third-order valence-electron chi connectivity index (χ3n) is 4.85. The molecule has 24 heavy (non-hydrogen) atoms. The van der Waals surface area contributed by atoms with Crippen LogP contribution >= 0.6 is 0 Å². The number of carbonyl (C=O) groups is 1. The summed E-state index contributed by atoms with van der Waals surface area (Å²) in [6.45, 7) is 7.52. The van der Waals surface area contributed by atoms with E-state index in [0.29, 0.717) is 25.2 Å². The Bertz CT molecular complexity index is 736. The molecule has 0 N–H and O–H groups in total. The smallest absolute Gasteiger partial charge is 0.254 e. The van der Waals surface area contributed by atoms with Crippen LogP contribution in [0.1, 0.15) is 27.0 Å². The molecule has 3 nitrogen and oxygen atoms in total. The van der Waals surface area contributed by atoms with Crippen molar-refractivity contribution in [2.24, 2.45) is 0 Å². The van der Waals surface area contributed by atoms with Gasteiger partial charge in [-0.25, -0.2) is 4.39 Å². The molecule has 4 heteroatoms. The van der Waals surface area contributed by atoms with Crippen LogP contribution < -0.4 is 0 Å². The average molecular weight is 326 g/mol. The van der Waals surface area contributed by atoms with Crippen molar-refractivity contribution < 1.29 is 9.18 Å². The predicted octanol–water partition coefficient (Wildman–Crippen LogP) is 3.40. The Morgan fingerprint density at radius 1 is 1.00 bits per heavy atom. The number of amides is 1. The van der Waals surface area contributed by atoms with E-state index >= 15 is 0 Å². The molecule has 2 aromatic rings. The predicted molar refractivity (Wildman–Crippen MR) is 93.5 cm³/mol. The zero-order chi connectivity index (χ0) is 17.1. The van der Waals surface area contributed by atoms with E-state index in [0.717, 1.165) is 29.8 Å². The number of halogens is 1. The van der Waals surface area contributed by atoms with E-state index in [1.165, 1.54) is 6.07 Å². The quantitative estimate of drug-likeness (QED) is 0.863. The van der Waals surface area contributed by atoms with Gasteiger partial charge in [-0.3, -0.25) is 9.69 Å². The lowest BCUT2D eigenvalue weighted by Gasteiger charge is -2.35. The summed E-state index contributed by atoms with van der Waals surface area (Å²) in [7, 11) is 0. The Hall–Kier alpha value is -2.20. The Morgan fingerprint density at radius 2 is 1.71 bits per heavy atom. The van der Waals surface area contributed by atoms with Gasteiger partial charge >= 0.3 is 0 Å². The summed E-state index contributed by atoms with van der Waals surface area (Å²) in [6.07, 6.45) is 0. The van der Waals surface area contributed by atoms with Crippen LogP contribution in [-0.4, -0.2) is 41.9 Å². The van der Waals surface area contributed by atoms with Crippen LogP contribution in [0.15, 0.2) is 42.5 Å². The third kappa shape index (κ3) is 3.49. The largest absolute Gasteiger partial charge is 0.336 e. The van der Waals surface area contributed by atoms with Crippen molar-refractivity contribution in [3.05, 3.63) is 70.5 Å². The van der Waals surface area contributed by atoms with E-state index in [1.54, 1.807) is 6.07 Å². The number of piperazine rings is 1. The third-order valence-corrected chi connectivity index (χ3v) is 4.85. The first-order valence-corrected chi connectivity index (χ1v) is 8.37. The summed E-state index contributed by atoms with van der Waals surface area (Å²) in [5.74, 6) is -0.0619. The van der Waals surface area contributed by atoms with Gasteiger partial charge in [-0.15, -0.1) is 0 Å². The minimum atomic E-state index is -0.161. The first kappa shape index (κ1) is 16.7. The summed E-state index contributed by atoms with van der Waals surface area (Å²) < 4.78 is 13.8. The molecule has 1 saturated heterocycles. The van der Waals surface area contributed by atoms with Crippen molar-refractivity contribution in [2.45, 2.75) is 20.4 Å². The lowest BCUT2D eigenvalue weighted by atomic mass is 10.0. The maximum absolute atomic E-state index is 13.8. The first-order chi connectivity index (χ1) is 11.6. The standard InChI is InChI=1S/C20H23FN2O/c1-15-6-5-8-18(16(15)2)20(24)23-12-10-22(11-13-23)14-17-7-3-4-9-19(17)21/h3-9H,10-14H2,1-2H3. The van der Waals surface area contributed by atoms with Crippen molar-refractivity contribution in [3.63, 3.8) is 0 Å². The number of hydrogen-bond donors (Lipinski definition) is 0. The lowest BCUT2D eigenvalue weighted by Crippen LogP contribution is -2.48. The fraction of sp³-hybridized carbons (Fsp3) is 0.350. The van der Waals surface area contributed by atoms with Crippen LogP contribution in [0, 0.1) is 19.7 Å². The Balaban J connectivity index is 1.62. The lowest BCUT2D eigenvalue weighted by molar-refractivity contribution is 0.0626. The Kier molecular flexibility index (Phi) is 4.95. The monoisotopic (exact) mass is 326 g/mol. The van der Waals surface area contributed by atoms with Crippen molar-refractivity contribution in [1.82, 2.24) is 9.80 Å². The summed E-state index contributed by atoms with van der Waals surface area (Å²) in [5, 5.41) is 0. The van der Waals surface area contributed by atoms with Crippen LogP contribution in [0.5, 0.6) is 0 Å². The zero-order valence-electron chi connectivity index (χ0n) is 14.3. The number of rotatable bonds is 3. The molecule has 0 radical (unpaired) electrons. The topological polar surface area (TPSA) is 23.6 Å². The molecule has 1 heterocycles. The molecule has 0 atom stereocenters. The van der Waals surface area contributed by atoms with Gasteiger partial charge in [-0.05, 0) is 37.1 Å². The van der Waals surface area contributed by atoms with Crippen LogP contribution in [0.25, 0.3) is 0 Å². The van der Waals surface area contributed by atoms with E-state index in [9.17, 15) is 9.18 Å². The Labute approximate surface area is 142 Å². The second-order valence-corrected chi connectivity index (χ2v) is 6.41. The SMILES string of the molecule is Cc1cccc(C(=O)N2CCN(Cc3ccccc3F)CC2)c1C. The van der Waals surface area contributed by atoms with Crippen molar-refractivity contribution >= 4 is 5.91 Å². The van der Waals surface area contributed by atoms with Gasteiger partial charge in [0.1, 0.15) is 5.82 Å². The minimum absolute atomic E-state index is 0.0988. The Morgan fingerprint density at radius 3 is 2.42 bits per heavy atom. The van der Waals surface area contributed by atoms with Crippen LogP contribution in [0.2, 0.25) is 0 Å². The molecule has 1 fully saturated rings. The maximum Gasteiger partial charge on any atom is 0.254 e. The molecule has 0 spiro atoms. The summed E-state index contributed by atoms with van der Waals surface area (Å²) in [6, 6.07) is 12.7. The van der Waals surface area contributed by atoms with Gasteiger partial charge in [0.25, 0.3) is 5.91 Å². The van der Waals surface area contributed by atoms with Crippen molar-refractivity contribution in [3.8, 4) is 0 Å². The van der Waals surface area contributed by atoms with Crippen LogP contribution in [0.3, 0.4) is 0 Å². The van der Waals surface area contributed by atoms with E-state index in [2.05, 4.69) is 4.90 Å². The van der Waals surface area contributed by atoms with Gasteiger partial charge in [-0.1, -0.05) is 30.3 Å².